The summed E-state index contributed by atoms with van der Waals surface area (Å²) in [6.07, 6.45) is 0. The Morgan fingerprint density at radius 3 is 1.44 bits per heavy atom. The summed E-state index contributed by atoms with van der Waals surface area (Å²) in [6.45, 7) is 0. The number of rotatable bonds is 0. The third-order valence-electron chi connectivity index (χ3n) is 7.76. The molecule has 4 nitrogen and oxygen atoms in total. The lowest BCUT2D eigenvalue weighted by Gasteiger charge is -2.07. The van der Waals surface area contributed by atoms with Crippen molar-refractivity contribution in [1.29, 1.82) is 0 Å². The van der Waals surface area contributed by atoms with Gasteiger partial charge in [0.1, 0.15) is 11.2 Å². The molecule has 10 rings (SSSR count). The molecule has 32 heavy (non-hydrogen) atoms. The van der Waals surface area contributed by atoms with Crippen LogP contribution in [0, 0.1) is 0 Å². The summed E-state index contributed by atoms with van der Waals surface area (Å²) < 4.78 is 6.41. The molecule has 0 bridgehead atoms. The Hall–Kier alpha value is -4.44. The first-order chi connectivity index (χ1) is 15.9. The summed E-state index contributed by atoms with van der Waals surface area (Å²) in [5.74, 6) is 0. The van der Waals surface area contributed by atoms with Crippen LogP contribution in [0.5, 0.6) is 0 Å². The van der Waals surface area contributed by atoms with Gasteiger partial charge in [0.15, 0.2) is 0 Å². The topological polar surface area (TPSA) is 60.5 Å². The molecule has 10 aromatic rings. The van der Waals surface area contributed by atoms with Crippen LogP contribution in [0.2, 0.25) is 0 Å². The first kappa shape index (κ1) is 14.5. The molecule has 4 heterocycles. The van der Waals surface area contributed by atoms with E-state index >= 15 is 0 Å². The summed E-state index contributed by atoms with van der Waals surface area (Å²) in [5, 5.41) is 12.7. The lowest BCUT2D eigenvalue weighted by atomic mass is 9.93. The van der Waals surface area contributed by atoms with Crippen LogP contribution in [0.1, 0.15) is 0 Å². The minimum absolute atomic E-state index is 0.947. The molecular weight excluding hydrogens is 394 g/mol. The second kappa shape index (κ2) is 4.30. The van der Waals surface area contributed by atoms with E-state index in [0.717, 1.165) is 22.2 Å². The number of H-pyrrole nitrogens is 3. The zero-order valence-corrected chi connectivity index (χ0v) is 16.7. The van der Waals surface area contributed by atoms with Gasteiger partial charge in [-0.2, -0.15) is 0 Å². The van der Waals surface area contributed by atoms with E-state index in [1.807, 2.05) is 0 Å². The summed E-state index contributed by atoms with van der Waals surface area (Å²) in [4.78, 5) is 11.3. The number of aromatic amines is 3. The van der Waals surface area contributed by atoms with Crippen LogP contribution in [0.4, 0.5) is 0 Å². The Bertz CT molecular complexity index is 2190. The van der Waals surface area contributed by atoms with E-state index in [9.17, 15) is 0 Å². The highest BCUT2D eigenvalue weighted by molar-refractivity contribution is 6.47. The van der Waals surface area contributed by atoms with Crippen molar-refractivity contribution in [2.24, 2.45) is 0 Å². The summed E-state index contributed by atoms with van der Waals surface area (Å²) >= 11 is 0. The largest absolute Gasteiger partial charge is 0.456 e. The van der Waals surface area contributed by atoms with Crippen molar-refractivity contribution in [3.63, 3.8) is 0 Å². The molecule has 0 atom stereocenters. The smallest absolute Gasteiger partial charge is 0.136 e. The second-order valence-corrected chi connectivity index (χ2v) is 9.16. The summed E-state index contributed by atoms with van der Waals surface area (Å²) in [5.41, 5.74) is 8.97. The monoisotopic (exact) mass is 407 g/mol. The minimum atomic E-state index is 0.947. The van der Waals surface area contributed by atoms with Gasteiger partial charge in [-0.25, -0.2) is 0 Å². The molecule has 4 aromatic heterocycles. The Balaban J connectivity index is 1.81. The normalized spacial score (nSPS) is 13.6. The fourth-order valence-corrected chi connectivity index (χ4v) is 6.62. The van der Waals surface area contributed by atoms with Crippen LogP contribution in [-0.2, 0) is 0 Å². The van der Waals surface area contributed by atoms with Gasteiger partial charge in [0, 0.05) is 75.9 Å². The molecule has 146 valence electrons. The zero-order chi connectivity index (χ0) is 20.3. The molecule has 0 aliphatic rings. The quantitative estimate of drug-likeness (QED) is 0.235. The highest BCUT2D eigenvalue weighted by Gasteiger charge is 2.26. The fourth-order valence-electron chi connectivity index (χ4n) is 6.62. The first-order valence-electron chi connectivity index (χ1n) is 11.0. The molecule has 0 unspecified atom stereocenters. The van der Waals surface area contributed by atoms with Crippen LogP contribution >= 0.6 is 0 Å². The van der Waals surface area contributed by atoms with Gasteiger partial charge in [-0.3, -0.25) is 0 Å². The van der Waals surface area contributed by atoms with Crippen LogP contribution in [0.15, 0.2) is 65.1 Å². The zero-order valence-electron chi connectivity index (χ0n) is 16.7. The van der Waals surface area contributed by atoms with E-state index in [0.29, 0.717) is 0 Å². The van der Waals surface area contributed by atoms with Gasteiger partial charge >= 0.3 is 0 Å². The molecule has 0 radical (unpaired) electrons. The van der Waals surface area contributed by atoms with Gasteiger partial charge < -0.3 is 19.4 Å². The van der Waals surface area contributed by atoms with Gasteiger partial charge in [0.25, 0.3) is 0 Å². The molecule has 0 spiro atoms. The molecule has 0 saturated carbocycles. The van der Waals surface area contributed by atoms with E-state index < -0.39 is 0 Å². The number of hydrogen-bond donors (Lipinski definition) is 3. The number of nitrogens with one attached hydrogen (secondary N) is 3. The molecule has 0 amide bonds. The Labute approximate surface area is 178 Å². The van der Waals surface area contributed by atoms with Gasteiger partial charge in [0.2, 0.25) is 0 Å². The average Bonchev–Trinajstić information content (AvgIpc) is 3.54. The third-order valence-corrected chi connectivity index (χ3v) is 7.76. The summed E-state index contributed by atoms with van der Waals surface area (Å²) in [7, 11) is 0. The minimum Gasteiger partial charge on any atom is -0.456 e. The fraction of sp³-hybridized carbons (Fsp3) is 0. The second-order valence-electron chi connectivity index (χ2n) is 9.16. The van der Waals surface area contributed by atoms with Crippen LogP contribution < -0.4 is 0 Å². The van der Waals surface area contributed by atoms with Crippen molar-refractivity contribution < 1.29 is 4.42 Å². The lowest BCUT2D eigenvalue weighted by molar-refractivity contribution is 0.669. The number of fused-ring (bicyclic) bond motifs is 3. The third kappa shape index (κ3) is 1.28. The molecule has 0 aliphatic heterocycles. The van der Waals surface area contributed by atoms with Gasteiger partial charge in [-0.1, -0.05) is 24.3 Å². The lowest BCUT2D eigenvalue weighted by Crippen LogP contribution is -1.81. The maximum absolute atomic E-state index is 6.41. The molecule has 4 heteroatoms. The number of furan rings is 1. The van der Waals surface area contributed by atoms with Gasteiger partial charge in [0.05, 0.1) is 11.0 Å². The highest BCUT2D eigenvalue weighted by Crippen LogP contribution is 2.51. The Kier molecular flexibility index (Phi) is 1.95. The molecule has 0 saturated heterocycles. The van der Waals surface area contributed by atoms with Crippen molar-refractivity contribution in [2.45, 2.75) is 0 Å². The molecular formula is C28H13N3O. The first-order valence-corrected chi connectivity index (χ1v) is 11.0. The van der Waals surface area contributed by atoms with Crippen molar-refractivity contribution in [2.75, 3.05) is 0 Å². The predicted molar refractivity (Wildman–Crippen MR) is 133 cm³/mol. The molecule has 0 aliphatic carbocycles. The molecule has 3 N–H and O–H groups in total. The van der Waals surface area contributed by atoms with E-state index in [1.54, 1.807) is 0 Å². The SMILES string of the molecule is c1ccc2c(c1)c1[nH]c3ccc4[nH]c5ccc6oc7ccc8[nH]c2c2c8c7c6c5c4c3c12. The Morgan fingerprint density at radius 1 is 0.406 bits per heavy atom. The number of hydrogen-bond acceptors (Lipinski definition) is 1. The maximum atomic E-state index is 6.41. The van der Waals surface area contributed by atoms with Gasteiger partial charge in [-0.05, 0) is 36.4 Å². The highest BCUT2D eigenvalue weighted by atomic mass is 16.3. The van der Waals surface area contributed by atoms with Crippen molar-refractivity contribution in [1.82, 2.24) is 15.0 Å². The van der Waals surface area contributed by atoms with Crippen molar-refractivity contribution in [3.05, 3.63) is 60.7 Å². The van der Waals surface area contributed by atoms with Crippen LogP contribution in [-0.4, -0.2) is 15.0 Å². The molecule has 6 aromatic carbocycles. The van der Waals surface area contributed by atoms with E-state index in [4.69, 9.17) is 4.42 Å². The average molecular weight is 407 g/mol. The summed E-state index contributed by atoms with van der Waals surface area (Å²) in [6, 6.07) is 21.7. The molecule has 0 fully saturated rings. The predicted octanol–water partition coefficient (Wildman–Crippen LogP) is 7.96. The maximum Gasteiger partial charge on any atom is 0.136 e. The van der Waals surface area contributed by atoms with Crippen molar-refractivity contribution >= 4 is 98.1 Å². The van der Waals surface area contributed by atoms with E-state index in [2.05, 4.69) is 75.6 Å². The van der Waals surface area contributed by atoms with Crippen LogP contribution in [0.3, 0.4) is 0 Å². The van der Waals surface area contributed by atoms with Crippen LogP contribution in [0.25, 0.3) is 98.1 Å². The van der Waals surface area contributed by atoms with Crippen molar-refractivity contribution in [3.8, 4) is 0 Å². The number of benzene rings is 5. The number of aromatic nitrogens is 3. The standard InChI is InChI=1S/C28H13N3O/c1-2-4-12-11(3-1)27-25-21-15(30-27)6-5-13-19(21)20-14(29-13)7-9-17-23(20)24-18(32-17)10-8-16-22(24)26(25)28(12)31-16/h1-10,29-31H. The van der Waals surface area contributed by atoms with E-state index in [1.165, 1.54) is 75.9 Å². The van der Waals surface area contributed by atoms with Gasteiger partial charge in [-0.15, -0.1) is 0 Å². The Morgan fingerprint density at radius 2 is 0.844 bits per heavy atom. The van der Waals surface area contributed by atoms with E-state index in [-0.39, 0.29) is 0 Å².